The summed E-state index contributed by atoms with van der Waals surface area (Å²) in [5, 5.41) is 0. The van der Waals surface area contributed by atoms with Crippen molar-refractivity contribution in [3.05, 3.63) is 70.3 Å². The van der Waals surface area contributed by atoms with Crippen molar-refractivity contribution in [1.29, 1.82) is 0 Å². The average molecular weight is 469 g/mol. The Morgan fingerprint density at radius 1 is 0.676 bits per heavy atom. The van der Waals surface area contributed by atoms with Gasteiger partial charge in [0, 0.05) is 5.56 Å². The van der Waals surface area contributed by atoms with E-state index in [1.54, 1.807) is 12.1 Å². The van der Waals surface area contributed by atoms with Crippen LogP contribution in [0.25, 0.3) is 0 Å². The van der Waals surface area contributed by atoms with Crippen molar-refractivity contribution in [3.8, 4) is 0 Å². The summed E-state index contributed by atoms with van der Waals surface area (Å²) < 4.78 is 34.7. The largest absolute Gasteiger partial charge is 0.373 e. The molecule has 0 radical (unpaired) electrons. The zero-order valence-electron chi connectivity index (χ0n) is 21.1. The van der Waals surface area contributed by atoms with E-state index in [9.17, 15) is 8.78 Å². The van der Waals surface area contributed by atoms with Crippen LogP contribution in [0, 0.1) is 23.5 Å². The lowest BCUT2D eigenvalue weighted by atomic mass is 9.69. The smallest absolute Gasteiger partial charge is 0.164 e. The van der Waals surface area contributed by atoms with Gasteiger partial charge in [-0.05, 0) is 98.7 Å². The number of aryl methyl sites for hydroxylation is 2. The summed E-state index contributed by atoms with van der Waals surface area (Å²) in [6.45, 7) is 4.39. The first-order valence-corrected chi connectivity index (χ1v) is 13.7. The topological polar surface area (TPSA) is 9.23 Å². The third kappa shape index (κ3) is 6.27. The first-order chi connectivity index (χ1) is 16.6. The second kappa shape index (κ2) is 12.3. The Morgan fingerprint density at radius 3 is 1.85 bits per heavy atom. The maximum Gasteiger partial charge on any atom is 0.164 e. The van der Waals surface area contributed by atoms with Crippen molar-refractivity contribution in [2.24, 2.45) is 11.8 Å². The van der Waals surface area contributed by atoms with E-state index in [1.165, 1.54) is 62.5 Å². The zero-order chi connectivity index (χ0) is 23.9. The summed E-state index contributed by atoms with van der Waals surface area (Å²) in [5.74, 6) is 0.950. The number of hydrogen-bond donors (Lipinski definition) is 0. The third-order valence-corrected chi connectivity index (χ3v) is 8.38. The minimum absolute atomic E-state index is 0.173. The fourth-order valence-corrected chi connectivity index (χ4v) is 6.31. The molecule has 0 aliphatic heterocycles. The lowest BCUT2D eigenvalue weighted by Crippen LogP contribution is -2.28. The molecule has 2 aliphatic carbocycles. The van der Waals surface area contributed by atoms with Gasteiger partial charge in [-0.2, -0.15) is 0 Å². The van der Waals surface area contributed by atoms with Crippen molar-refractivity contribution in [3.63, 3.8) is 0 Å². The van der Waals surface area contributed by atoms with E-state index in [1.807, 2.05) is 6.92 Å². The Balaban J connectivity index is 1.20. The first-order valence-electron chi connectivity index (χ1n) is 13.7. The molecule has 0 unspecified atom stereocenters. The van der Waals surface area contributed by atoms with Crippen molar-refractivity contribution >= 4 is 0 Å². The quantitative estimate of drug-likeness (QED) is 0.357. The minimum Gasteiger partial charge on any atom is -0.373 e. The van der Waals surface area contributed by atoms with Crippen LogP contribution >= 0.6 is 0 Å². The summed E-state index contributed by atoms with van der Waals surface area (Å²) in [4.78, 5) is 0. The molecule has 3 heteroatoms. The summed E-state index contributed by atoms with van der Waals surface area (Å²) in [5.41, 5.74) is 3.80. The zero-order valence-corrected chi connectivity index (χ0v) is 21.1. The molecule has 2 aromatic rings. The molecule has 4 rings (SSSR count). The Bertz CT molecular complexity index is 890. The molecule has 0 N–H and O–H groups in total. The molecule has 0 amide bonds. The second-order valence-corrected chi connectivity index (χ2v) is 10.7. The Labute approximate surface area is 205 Å². The maximum atomic E-state index is 14.4. The van der Waals surface area contributed by atoms with Crippen LogP contribution in [0.15, 0.2) is 36.4 Å². The highest BCUT2D eigenvalue weighted by molar-refractivity contribution is 5.27. The standard InChI is InChI=1S/C31H42F2O/c1-3-5-22-7-9-23(10-8-22)24-11-13-25(14-12-24)26-17-19-29(20-18-26)34-21-28-16-15-27(6-4-2)30(32)31(28)33/h7-10,15-16,24-26,29H,3-6,11-14,17-21H2,1-2H3. The van der Waals surface area contributed by atoms with E-state index in [0.29, 0.717) is 17.5 Å². The predicted molar refractivity (Wildman–Crippen MR) is 136 cm³/mol. The molecule has 0 heterocycles. The van der Waals surface area contributed by atoms with E-state index in [0.717, 1.165) is 37.0 Å². The van der Waals surface area contributed by atoms with Crippen LogP contribution in [-0.2, 0) is 24.2 Å². The van der Waals surface area contributed by atoms with E-state index < -0.39 is 11.6 Å². The molecular formula is C31H42F2O. The SMILES string of the molecule is CCCc1ccc(C2CCC(C3CCC(OCc4ccc(CCC)c(F)c4F)CC3)CC2)cc1. The van der Waals surface area contributed by atoms with Crippen molar-refractivity contribution in [2.75, 3.05) is 0 Å². The van der Waals surface area contributed by atoms with Gasteiger partial charge in [0.05, 0.1) is 12.7 Å². The highest BCUT2D eigenvalue weighted by Crippen LogP contribution is 2.43. The maximum absolute atomic E-state index is 14.4. The molecule has 2 saturated carbocycles. The van der Waals surface area contributed by atoms with Crippen LogP contribution in [0.4, 0.5) is 8.78 Å². The van der Waals surface area contributed by atoms with Gasteiger partial charge in [0.2, 0.25) is 0 Å². The molecular weight excluding hydrogens is 426 g/mol. The Hall–Kier alpha value is -1.74. The first kappa shape index (κ1) is 25.4. The van der Waals surface area contributed by atoms with E-state index in [-0.39, 0.29) is 12.7 Å². The van der Waals surface area contributed by atoms with Gasteiger partial charge in [0.1, 0.15) is 0 Å². The predicted octanol–water partition coefficient (Wildman–Crippen LogP) is 8.92. The third-order valence-electron chi connectivity index (χ3n) is 8.38. The number of rotatable bonds is 9. The highest BCUT2D eigenvalue weighted by Gasteiger charge is 2.31. The normalized spacial score (nSPS) is 25.4. The van der Waals surface area contributed by atoms with Crippen LogP contribution in [0.1, 0.15) is 106 Å². The number of benzene rings is 2. The molecule has 0 spiro atoms. The van der Waals surface area contributed by atoms with E-state index in [4.69, 9.17) is 4.74 Å². The molecule has 0 atom stereocenters. The number of hydrogen-bond acceptors (Lipinski definition) is 1. The average Bonchev–Trinajstić information content (AvgIpc) is 2.88. The van der Waals surface area contributed by atoms with E-state index in [2.05, 4.69) is 31.2 Å². The minimum atomic E-state index is -0.726. The van der Waals surface area contributed by atoms with Gasteiger partial charge in [-0.15, -0.1) is 0 Å². The number of ether oxygens (including phenoxy) is 1. The summed E-state index contributed by atoms with van der Waals surface area (Å²) in [6.07, 6.45) is 13.7. The fraction of sp³-hybridized carbons (Fsp3) is 0.613. The van der Waals surface area contributed by atoms with E-state index >= 15 is 0 Å². The molecule has 0 aromatic heterocycles. The molecule has 2 aromatic carbocycles. The molecule has 186 valence electrons. The van der Waals surface area contributed by atoms with Gasteiger partial charge in [0.25, 0.3) is 0 Å². The fourth-order valence-electron chi connectivity index (χ4n) is 6.31. The second-order valence-electron chi connectivity index (χ2n) is 10.7. The molecule has 34 heavy (non-hydrogen) atoms. The van der Waals surface area contributed by atoms with Crippen molar-refractivity contribution in [1.82, 2.24) is 0 Å². The van der Waals surface area contributed by atoms with Crippen LogP contribution in [-0.4, -0.2) is 6.10 Å². The number of halogens is 2. The lowest BCUT2D eigenvalue weighted by molar-refractivity contribution is -0.00322. The van der Waals surface area contributed by atoms with Gasteiger partial charge in [-0.25, -0.2) is 8.78 Å². The van der Waals surface area contributed by atoms with Crippen LogP contribution in [0.3, 0.4) is 0 Å². The monoisotopic (exact) mass is 468 g/mol. The van der Waals surface area contributed by atoms with Gasteiger partial charge in [0.15, 0.2) is 11.6 Å². The van der Waals surface area contributed by atoms with Crippen molar-refractivity contribution in [2.45, 2.75) is 110 Å². The molecule has 2 fully saturated rings. The Kier molecular flexibility index (Phi) is 9.17. The van der Waals surface area contributed by atoms with Gasteiger partial charge >= 0.3 is 0 Å². The molecule has 0 saturated heterocycles. The molecule has 2 aliphatic rings. The van der Waals surface area contributed by atoms with Gasteiger partial charge in [-0.1, -0.05) is 63.1 Å². The molecule has 0 bridgehead atoms. The summed E-state index contributed by atoms with van der Waals surface area (Å²) in [7, 11) is 0. The lowest BCUT2D eigenvalue weighted by Gasteiger charge is -2.38. The van der Waals surface area contributed by atoms with Crippen LogP contribution in [0.2, 0.25) is 0 Å². The van der Waals surface area contributed by atoms with Gasteiger partial charge < -0.3 is 4.74 Å². The van der Waals surface area contributed by atoms with Crippen molar-refractivity contribution < 1.29 is 13.5 Å². The highest BCUT2D eigenvalue weighted by atomic mass is 19.2. The molecule has 1 nitrogen and oxygen atoms in total. The summed E-state index contributed by atoms with van der Waals surface area (Å²) in [6, 6.07) is 12.8. The van der Waals surface area contributed by atoms with Crippen LogP contribution < -0.4 is 0 Å². The summed E-state index contributed by atoms with van der Waals surface area (Å²) >= 11 is 0. The van der Waals surface area contributed by atoms with Gasteiger partial charge in [-0.3, -0.25) is 0 Å². The van der Waals surface area contributed by atoms with Crippen LogP contribution in [0.5, 0.6) is 0 Å². The Morgan fingerprint density at radius 2 is 1.24 bits per heavy atom.